The number of nitro benzene ring substituents is 1. The van der Waals surface area contributed by atoms with Crippen LogP contribution < -0.4 is 4.74 Å². The first-order valence-corrected chi connectivity index (χ1v) is 7.05. The fraction of sp³-hybridized carbons (Fsp3) is 0.133. The molecule has 0 spiro atoms. The molecule has 6 nitrogen and oxygen atoms in total. The zero-order valence-corrected chi connectivity index (χ0v) is 13.2. The molecule has 2 aromatic rings. The lowest BCUT2D eigenvalue weighted by Crippen LogP contribution is -2.08. The number of carbonyl (C=O) groups excluding carboxylic acids is 1. The summed E-state index contributed by atoms with van der Waals surface area (Å²) in [5.74, 6) is -0.459. The van der Waals surface area contributed by atoms with Crippen molar-refractivity contribution >= 4 is 27.6 Å². The summed E-state index contributed by atoms with van der Waals surface area (Å²) in [4.78, 5) is 22.4. The predicted octanol–water partition coefficient (Wildman–Crippen LogP) is 3.72. The molecule has 0 bridgehead atoms. The van der Waals surface area contributed by atoms with Gasteiger partial charge in [0.15, 0.2) is 0 Å². The second kappa shape index (κ2) is 7.04. The number of benzene rings is 2. The van der Waals surface area contributed by atoms with E-state index in [2.05, 4.69) is 15.9 Å². The predicted molar refractivity (Wildman–Crippen MR) is 82.9 cm³/mol. The molecule has 0 aliphatic rings. The Bertz CT molecular complexity index is 717. The smallest absolute Gasteiger partial charge is 0.342 e. The minimum absolute atomic E-state index is 0.0174. The zero-order valence-electron chi connectivity index (χ0n) is 11.6. The monoisotopic (exact) mass is 365 g/mol. The molecular formula is C15H12BrNO5. The largest absolute Gasteiger partial charge is 0.496 e. The Kier molecular flexibility index (Phi) is 5.11. The standard InChI is InChI=1S/C15H12BrNO5/c1-21-14-7-6-11(17(19)20)8-12(14)15(18)22-9-10-4-2-3-5-13(10)16/h2-8H,9H2,1H3. The van der Waals surface area contributed by atoms with E-state index in [-0.39, 0.29) is 23.6 Å². The van der Waals surface area contributed by atoms with Crippen molar-refractivity contribution in [3.8, 4) is 5.75 Å². The minimum atomic E-state index is -0.684. The van der Waals surface area contributed by atoms with E-state index in [9.17, 15) is 14.9 Å². The number of carbonyl (C=O) groups is 1. The van der Waals surface area contributed by atoms with Gasteiger partial charge in [0.25, 0.3) is 5.69 Å². The molecule has 0 atom stereocenters. The van der Waals surface area contributed by atoms with Crippen LogP contribution in [-0.4, -0.2) is 18.0 Å². The lowest BCUT2D eigenvalue weighted by molar-refractivity contribution is -0.384. The van der Waals surface area contributed by atoms with Gasteiger partial charge in [-0.15, -0.1) is 0 Å². The van der Waals surface area contributed by atoms with Crippen LogP contribution >= 0.6 is 15.9 Å². The highest BCUT2D eigenvalue weighted by Crippen LogP contribution is 2.25. The maximum Gasteiger partial charge on any atom is 0.342 e. The van der Waals surface area contributed by atoms with E-state index in [0.717, 1.165) is 16.1 Å². The van der Waals surface area contributed by atoms with E-state index < -0.39 is 10.9 Å². The Balaban J connectivity index is 2.20. The first-order chi connectivity index (χ1) is 10.5. The third kappa shape index (κ3) is 3.62. The Hall–Kier alpha value is -2.41. The molecular weight excluding hydrogens is 354 g/mol. The second-order valence-corrected chi connectivity index (χ2v) is 5.16. The summed E-state index contributed by atoms with van der Waals surface area (Å²) in [7, 11) is 1.38. The van der Waals surface area contributed by atoms with Gasteiger partial charge in [-0.05, 0) is 12.1 Å². The van der Waals surface area contributed by atoms with Crippen LogP contribution in [0.3, 0.4) is 0 Å². The normalized spacial score (nSPS) is 10.1. The third-order valence-electron chi connectivity index (χ3n) is 2.93. The highest BCUT2D eigenvalue weighted by atomic mass is 79.9. The summed E-state index contributed by atoms with van der Waals surface area (Å²) >= 11 is 3.36. The molecule has 0 N–H and O–H groups in total. The van der Waals surface area contributed by atoms with Crippen molar-refractivity contribution in [2.75, 3.05) is 7.11 Å². The van der Waals surface area contributed by atoms with Gasteiger partial charge >= 0.3 is 5.97 Å². The topological polar surface area (TPSA) is 78.7 Å². The summed E-state index contributed by atoms with van der Waals surface area (Å²) in [6.07, 6.45) is 0. The van der Waals surface area contributed by atoms with Crippen molar-refractivity contribution in [2.24, 2.45) is 0 Å². The van der Waals surface area contributed by atoms with E-state index >= 15 is 0 Å². The number of nitro groups is 1. The van der Waals surface area contributed by atoms with Gasteiger partial charge in [-0.25, -0.2) is 4.79 Å². The molecule has 0 heterocycles. The number of non-ortho nitro benzene ring substituents is 1. The zero-order chi connectivity index (χ0) is 16.1. The van der Waals surface area contributed by atoms with Gasteiger partial charge in [-0.2, -0.15) is 0 Å². The van der Waals surface area contributed by atoms with Crippen molar-refractivity contribution in [1.82, 2.24) is 0 Å². The van der Waals surface area contributed by atoms with E-state index in [1.54, 1.807) is 0 Å². The van der Waals surface area contributed by atoms with Gasteiger partial charge in [-0.1, -0.05) is 34.1 Å². The quantitative estimate of drug-likeness (QED) is 0.458. The van der Waals surface area contributed by atoms with Crippen molar-refractivity contribution < 1.29 is 19.2 Å². The van der Waals surface area contributed by atoms with E-state index in [1.165, 1.54) is 19.2 Å². The Morgan fingerprint density at radius 1 is 1.27 bits per heavy atom. The van der Waals surface area contributed by atoms with Crippen molar-refractivity contribution in [3.05, 3.63) is 68.2 Å². The number of rotatable bonds is 5. The molecule has 0 unspecified atom stereocenters. The van der Waals surface area contributed by atoms with Crippen LogP contribution in [0.2, 0.25) is 0 Å². The fourth-order valence-corrected chi connectivity index (χ4v) is 2.20. The molecule has 7 heteroatoms. The molecule has 0 aromatic heterocycles. The van der Waals surface area contributed by atoms with Gasteiger partial charge in [0.1, 0.15) is 17.9 Å². The van der Waals surface area contributed by atoms with Crippen LogP contribution in [0, 0.1) is 10.1 Å². The van der Waals surface area contributed by atoms with Crippen LogP contribution in [-0.2, 0) is 11.3 Å². The highest BCUT2D eigenvalue weighted by molar-refractivity contribution is 9.10. The SMILES string of the molecule is COc1ccc([N+](=O)[O-])cc1C(=O)OCc1ccccc1Br. The van der Waals surface area contributed by atoms with E-state index in [0.29, 0.717) is 0 Å². The number of hydrogen-bond donors (Lipinski definition) is 0. The van der Waals surface area contributed by atoms with Crippen LogP contribution in [0.1, 0.15) is 15.9 Å². The molecule has 114 valence electrons. The van der Waals surface area contributed by atoms with Crippen LogP contribution in [0.15, 0.2) is 46.9 Å². The summed E-state index contributed by atoms with van der Waals surface area (Å²) in [6.45, 7) is 0.0477. The number of hydrogen-bond acceptors (Lipinski definition) is 5. The number of methoxy groups -OCH3 is 1. The summed E-state index contributed by atoms with van der Waals surface area (Å²) < 4.78 is 11.1. The number of halogens is 1. The van der Waals surface area contributed by atoms with Crippen molar-refractivity contribution in [1.29, 1.82) is 0 Å². The molecule has 0 saturated heterocycles. The maximum atomic E-state index is 12.1. The fourth-order valence-electron chi connectivity index (χ4n) is 1.81. The first kappa shape index (κ1) is 16.0. The average Bonchev–Trinajstić information content (AvgIpc) is 2.53. The molecule has 0 amide bonds. The van der Waals surface area contributed by atoms with E-state index in [1.807, 2.05) is 24.3 Å². The van der Waals surface area contributed by atoms with Crippen molar-refractivity contribution in [2.45, 2.75) is 6.61 Å². The lowest BCUT2D eigenvalue weighted by atomic mass is 10.1. The molecule has 22 heavy (non-hydrogen) atoms. The van der Waals surface area contributed by atoms with Gasteiger partial charge < -0.3 is 9.47 Å². The van der Waals surface area contributed by atoms with Crippen LogP contribution in [0.25, 0.3) is 0 Å². The van der Waals surface area contributed by atoms with Gasteiger partial charge in [-0.3, -0.25) is 10.1 Å². The summed E-state index contributed by atoms with van der Waals surface area (Å²) in [6, 6.07) is 11.1. The maximum absolute atomic E-state index is 12.1. The molecule has 0 aliphatic carbocycles. The lowest BCUT2D eigenvalue weighted by Gasteiger charge is -2.09. The Morgan fingerprint density at radius 2 is 2.00 bits per heavy atom. The van der Waals surface area contributed by atoms with Crippen LogP contribution in [0.4, 0.5) is 5.69 Å². The second-order valence-electron chi connectivity index (χ2n) is 4.31. The summed E-state index contributed by atoms with van der Waals surface area (Å²) in [5, 5.41) is 10.8. The Morgan fingerprint density at radius 3 is 2.64 bits per heavy atom. The van der Waals surface area contributed by atoms with Gasteiger partial charge in [0.2, 0.25) is 0 Å². The number of nitrogens with zero attached hydrogens (tertiary/aromatic N) is 1. The number of esters is 1. The van der Waals surface area contributed by atoms with Gasteiger partial charge in [0.05, 0.1) is 12.0 Å². The highest BCUT2D eigenvalue weighted by Gasteiger charge is 2.19. The molecule has 2 rings (SSSR count). The molecule has 0 radical (unpaired) electrons. The third-order valence-corrected chi connectivity index (χ3v) is 3.70. The summed E-state index contributed by atoms with van der Waals surface area (Å²) in [5.41, 5.74) is 0.609. The number of ether oxygens (including phenoxy) is 2. The molecule has 0 fully saturated rings. The average molecular weight is 366 g/mol. The molecule has 0 aliphatic heterocycles. The van der Waals surface area contributed by atoms with Crippen LogP contribution in [0.5, 0.6) is 5.75 Å². The molecule has 2 aromatic carbocycles. The first-order valence-electron chi connectivity index (χ1n) is 6.26. The minimum Gasteiger partial charge on any atom is -0.496 e. The molecule has 0 saturated carbocycles. The Labute approximate surface area is 134 Å². The van der Waals surface area contributed by atoms with E-state index in [4.69, 9.17) is 9.47 Å². The van der Waals surface area contributed by atoms with Gasteiger partial charge in [0, 0.05) is 22.2 Å². The van der Waals surface area contributed by atoms with Crippen molar-refractivity contribution in [3.63, 3.8) is 0 Å².